The zero-order chi connectivity index (χ0) is 23.4. The maximum Gasteiger partial charge on any atom is 0.336 e. The molecule has 6 nitrogen and oxygen atoms in total. The Morgan fingerprint density at radius 3 is 2.50 bits per heavy atom. The normalized spacial score (nSPS) is 22.9. The summed E-state index contributed by atoms with van der Waals surface area (Å²) in [6.45, 7) is 7.56. The maximum absolute atomic E-state index is 14.2. The summed E-state index contributed by atoms with van der Waals surface area (Å²) in [6.07, 6.45) is 1.78. The Labute approximate surface area is 187 Å². The number of carbonyl (C=O) groups excluding carboxylic acids is 3. The molecule has 0 spiro atoms. The van der Waals surface area contributed by atoms with E-state index in [1.807, 2.05) is 13.8 Å². The minimum atomic E-state index is -0.970. The third-order valence-electron chi connectivity index (χ3n) is 5.89. The van der Waals surface area contributed by atoms with Gasteiger partial charge in [0, 0.05) is 22.9 Å². The fourth-order valence-corrected chi connectivity index (χ4v) is 4.62. The van der Waals surface area contributed by atoms with Crippen LogP contribution in [0.5, 0.6) is 0 Å². The van der Waals surface area contributed by atoms with Crippen molar-refractivity contribution in [3.63, 3.8) is 0 Å². The van der Waals surface area contributed by atoms with Crippen LogP contribution in [0.15, 0.2) is 46.8 Å². The van der Waals surface area contributed by atoms with Gasteiger partial charge in [-0.2, -0.15) is 0 Å². The quantitative estimate of drug-likeness (QED) is 0.503. The molecule has 1 aromatic rings. The Morgan fingerprint density at radius 1 is 1.16 bits per heavy atom. The molecule has 0 unspecified atom stereocenters. The number of halogens is 1. The van der Waals surface area contributed by atoms with Crippen LogP contribution >= 0.6 is 0 Å². The molecule has 0 amide bonds. The van der Waals surface area contributed by atoms with E-state index < -0.39 is 35.4 Å². The Balaban J connectivity index is 2.21. The molecule has 0 saturated heterocycles. The molecule has 2 aliphatic rings. The van der Waals surface area contributed by atoms with E-state index in [-0.39, 0.29) is 19.1 Å². The molecule has 0 bridgehead atoms. The molecule has 1 N–H and O–H groups in total. The lowest BCUT2D eigenvalue weighted by atomic mass is 9.69. The predicted octanol–water partition coefficient (Wildman–Crippen LogP) is 4.17. The number of dihydropyridines is 1. The number of benzene rings is 1. The first-order valence-electron chi connectivity index (χ1n) is 11.2. The number of hydrogen-bond acceptors (Lipinski definition) is 6. The molecule has 7 heteroatoms. The van der Waals surface area contributed by atoms with E-state index in [0.29, 0.717) is 40.9 Å². The van der Waals surface area contributed by atoms with Gasteiger partial charge in [-0.3, -0.25) is 9.59 Å². The topological polar surface area (TPSA) is 81.7 Å². The van der Waals surface area contributed by atoms with Crippen LogP contribution in [-0.4, -0.2) is 30.9 Å². The van der Waals surface area contributed by atoms with Gasteiger partial charge in [0.2, 0.25) is 0 Å². The molecule has 32 heavy (non-hydrogen) atoms. The number of ketones is 1. The third kappa shape index (κ3) is 4.47. The van der Waals surface area contributed by atoms with Crippen molar-refractivity contribution in [3.8, 4) is 0 Å². The summed E-state index contributed by atoms with van der Waals surface area (Å²) in [5.74, 6) is -4.05. The SMILES string of the molecule is CCCC1=C(C(=O)OCC)[C@H](c2cccc(F)c2)C2=C(C[C@@H](C)[C@H](C(=O)OCC)C2=O)N1. The second-order valence-electron chi connectivity index (χ2n) is 8.14. The van der Waals surface area contributed by atoms with Gasteiger partial charge in [-0.1, -0.05) is 32.4 Å². The Kier molecular flexibility index (Phi) is 7.48. The highest BCUT2D eigenvalue weighted by Crippen LogP contribution is 2.46. The van der Waals surface area contributed by atoms with E-state index in [1.54, 1.807) is 26.0 Å². The largest absolute Gasteiger partial charge is 0.465 e. The van der Waals surface area contributed by atoms with Crippen molar-refractivity contribution in [2.45, 2.75) is 52.9 Å². The Hall–Kier alpha value is -2.96. The summed E-state index contributed by atoms with van der Waals surface area (Å²) < 4.78 is 24.7. The van der Waals surface area contributed by atoms with E-state index in [0.717, 1.165) is 6.42 Å². The number of nitrogens with one attached hydrogen (secondary N) is 1. The second kappa shape index (κ2) is 10.1. The molecule has 0 saturated carbocycles. The molecule has 1 aliphatic heterocycles. The fourth-order valence-electron chi connectivity index (χ4n) is 4.62. The highest BCUT2D eigenvalue weighted by molar-refractivity contribution is 6.12. The molecule has 0 fully saturated rings. The molecule has 3 rings (SSSR count). The van der Waals surface area contributed by atoms with Gasteiger partial charge >= 0.3 is 11.9 Å². The smallest absolute Gasteiger partial charge is 0.336 e. The van der Waals surface area contributed by atoms with Crippen LogP contribution in [0, 0.1) is 17.7 Å². The van der Waals surface area contributed by atoms with Crippen molar-refractivity contribution in [1.29, 1.82) is 0 Å². The minimum absolute atomic E-state index is 0.167. The standard InChI is InChI=1S/C25H30FNO5/c1-5-9-17-22(25(30)32-7-3)20(15-10-8-11-16(26)13-15)21-18(27-17)12-14(4)19(23(21)28)24(29)31-6-2/h8,10-11,13-14,19-20,27H,5-7,9,12H2,1-4H3/t14-,19+,20-/m1/s1. The van der Waals surface area contributed by atoms with E-state index in [9.17, 15) is 18.8 Å². The zero-order valence-corrected chi connectivity index (χ0v) is 19.0. The minimum Gasteiger partial charge on any atom is -0.465 e. The molecule has 1 aliphatic carbocycles. The van der Waals surface area contributed by atoms with Gasteiger partial charge in [-0.15, -0.1) is 0 Å². The number of carbonyl (C=O) groups is 3. The van der Waals surface area contributed by atoms with E-state index in [1.165, 1.54) is 12.1 Å². The lowest BCUT2D eigenvalue weighted by Crippen LogP contribution is -2.43. The predicted molar refractivity (Wildman–Crippen MR) is 117 cm³/mol. The Bertz CT molecular complexity index is 980. The average molecular weight is 444 g/mol. The first kappa shape index (κ1) is 23.7. The van der Waals surface area contributed by atoms with Gasteiger partial charge in [0.05, 0.1) is 18.8 Å². The summed E-state index contributed by atoms with van der Waals surface area (Å²) in [6, 6.07) is 5.88. The van der Waals surface area contributed by atoms with Crippen molar-refractivity contribution in [3.05, 3.63) is 58.2 Å². The van der Waals surface area contributed by atoms with E-state index >= 15 is 0 Å². The second-order valence-corrected chi connectivity index (χ2v) is 8.14. The molecule has 3 atom stereocenters. The number of hydrogen-bond donors (Lipinski definition) is 1. The summed E-state index contributed by atoms with van der Waals surface area (Å²) in [7, 11) is 0. The van der Waals surface area contributed by atoms with Crippen LogP contribution in [0.3, 0.4) is 0 Å². The molecular weight excluding hydrogens is 413 g/mol. The number of rotatable bonds is 7. The highest BCUT2D eigenvalue weighted by Gasteiger charge is 2.47. The molecule has 1 heterocycles. The monoisotopic (exact) mass is 443 g/mol. The van der Waals surface area contributed by atoms with Crippen LogP contribution in [0.4, 0.5) is 4.39 Å². The van der Waals surface area contributed by atoms with Gasteiger partial charge < -0.3 is 14.8 Å². The van der Waals surface area contributed by atoms with E-state index in [2.05, 4.69) is 5.32 Å². The maximum atomic E-state index is 14.2. The van der Waals surface area contributed by atoms with Gasteiger partial charge in [0.1, 0.15) is 11.7 Å². The summed E-state index contributed by atoms with van der Waals surface area (Å²) in [5.41, 5.74) is 2.43. The number of ether oxygens (including phenoxy) is 2. The molecule has 1 aromatic carbocycles. The van der Waals surface area contributed by atoms with Crippen molar-refractivity contribution in [1.82, 2.24) is 5.32 Å². The fraction of sp³-hybridized carbons (Fsp3) is 0.480. The van der Waals surface area contributed by atoms with Crippen LogP contribution < -0.4 is 5.32 Å². The third-order valence-corrected chi connectivity index (χ3v) is 5.89. The summed E-state index contributed by atoms with van der Waals surface area (Å²) in [4.78, 5) is 39.4. The van der Waals surface area contributed by atoms with Gasteiger partial charge in [-0.05, 0) is 50.3 Å². The first-order chi connectivity index (χ1) is 15.3. The molecule has 0 aromatic heterocycles. The number of Topliss-reactive ketones (excluding diaryl/α,β-unsaturated/α-hetero) is 1. The van der Waals surface area contributed by atoms with Crippen LogP contribution in [0.1, 0.15) is 58.4 Å². The van der Waals surface area contributed by atoms with Crippen molar-refractivity contribution in [2.75, 3.05) is 13.2 Å². The molecule has 0 radical (unpaired) electrons. The summed E-state index contributed by atoms with van der Waals surface area (Å²) >= 11 is 0. The van der Waals surface area contributed by atoms with Crippen LogP contribution in [0.25, 0.3) is 0 Å². The lowest BCUT2D eigenvalue weighted by molar-refractivity contribution is -0.153. The van der Waals surface area contributed by atoms with Gasteiger partial charge in [0.25, 0.3) is 0 Å². The number of esters is 2. The Morgan fingerprint density at radius 2 is 1.88 bits per heavy atom. The van der Waals surface area contributed by atoms with Crippen LogP contribution in [-0.2, 0) is 23.9 Å². The number of allylic oxidation sites excluding steroid dienone is 3. The van der Waals surface area contributed by atoms with Crippen molar-refractivity contribution >= 4 is 17.7 Å². The van der Waals surface area contributed by atoms with E-state index in [4.69, 9.17) is 9.47 Å². The molecule has 172 valence electrons. The average Bonchev–Trinajstić information content (AvgIpc) is 2.73. The summed E-state index contributed by atoms with van der Waals surface area (Å²) in [5, 5.41) is 3.30. The molecular formula is C25H30FNO5. The zero-order valence-electron chi connectivity index (χ0n) is 19.0. The van der Waals surface area contributed by atoms with Crippen molar-refractivity contribution < 1.29 is 28.2 Å². The lowest BCUT2D eigenvalue weighted by Gasteiger charge is -2.39. The van der Waals surface area contributed by atoms with Crippen molar-refractivity contribution in [2.24, 2.45) is 11.8 Å². The highest BCUT2D eigenvalue weighted by atomic mass is 19.1. The van der Waals surface area contributed by atoms with Crippen LogP contribution in [0.2, 0.25) is 0 Å². The van der Waals surface area contributed by atoms with Gasteiger partial charge in [0.15, 0.2) is 5.78 Å². The first-order valence-corrected chi connectivity index (χ1v) is 11.2. The van der Waals surface area contributed by atoms with Gasteiger partial charge in [-0.25, -0.2) is 9.18 Å².